The van der Waals surface area contributed by atoms with Gasteiger partial charge in [-0.25, -0.2) is 0 Å². The molecule has 1 amide bonds. The van der Waals surface area contributed by atoms with Crippen LogP contribution >= 0.6 is 0 Å². The number of nitrogens with one attached hydrogen (secondary N) is 1. The van der Waals surface area contributed by atoms with Gasteiger partial charge in [-0.1, -0.05) is 6.07 Å². The number of rotatable bonds is 8. The van der Waals surface area contributed by atoms with Gasteiger partial charge < -0.3 is 24.6 Å². The molecule has 0 heterocycles. The van der Waals surface area contributed by atoms with Gasteiger partial charge in [-0.3, -0.25) is 9.59 Å². The highest BCUT2D eigenvalue weighted by Gasteiger charge is 2.21. The summed E-state index contributed by atoms with van der Waals surface area (Å²) in [6.07, 6.45) is -0.269. The van der Waals surface area contributed by atoms with Crippen LogP contribution in [0.25, 0.3) is 0 Å². The van der Waals surface area contributed by atoms with Gasteiger partial charge in [0, 0.05) is 5.56 Å². The summed E-state index contributed by atoms with van der Waals surface area (Å²) in [6, 6.07) is 7.75. The van der Waals surface area contributed by atoms with Crippen molar-refractivity contribution in [2.24, 2.45) is 0 Å². The van der Waals surface area contributed by atoms with Crippen molar-refractivity contribution in [2.45, 2.75) is 26.3 Å². The lowest BCUT2D eigenvalue weighted by Gasteiger charge is -2.20. The van der Waals surface area contributed by atoms with Crippen LogP contribution in [0.1, 0.15) is 39.5 Å². The first-order valence-corrected chi connectivity index (χ1v) is 8.70. The molecule has 1 unspecified atom stereocenters. The molecule has 2 N–H and O–H groups in total. The fraction of sp³-hybridized carbons (Fsp3) is 0.333. The SMILES string of the molecule is COc1ccc(C(CC(=O)O)NC(=O)c2cc(C)c(OC)c(C)c2)cc1OC. The van der Waals surface area contributed by atoms with Crippen LogP contribution in [0.4, 0.5) is 0 Å². The molecule has 0 aliphatic heterocycles. The van der Waals surface area contributed by atoms with E-state index in [4.69, 9.17) is 14.2 Å². The smallest absolute Gasteiger partial charge is 0.305 e. The number of aryl methyl sites for hydroxylation is 2. The minimum absolute atomic E-state index is 0.269. The average molecular weight is 387 g/mol. The van der Waals surface area contributed by atoms with E-state index >= 15 is 0 Å². The molecule has 150 valence electrons. The lowest BCUT2D eigenvalue weighted by molar-refractivity contribution is -0.137. The number of amides is 1. The van der Waals surface area contributed by atoms with Gasteiger partial charge in [-0.2, -0.15) is 0 Å². The van der Waals surface area contributed by atoms with Crippen LogP contribution in [0.5, 0.6) is 17.2 Å². The average Bonchev–Trinajstić information content (AvgIpc) is 2.66. The van der Waals surface area contributed by atoms with Crippen molar-refractivity contribution in [3.05, 3.63) is 52.6 Å². The van der Waals surface area contributed by atoms with Gasteiger partial charge >= 0.3 is 5.97 Å². The summed E-state index contributed by atoms with van der Waals surface area (Å²) < 4.78 is 15.8. The summed E-state index contributed by atoms with van der Waals surface area (Å²) in [4.78, 5) is 24.1. The zero-order valence-corrected chi connectivity index (χ0v) is 16.7. The van der Waals surface area contributed by atoms with Crippen LogP contribution in [0.15, 0.2) is 30.3 Å². The fourth-order valence-electron chi connectivity index (χ4n) is 3.14. The first-order chi connectivity index (χ1) is 13.3. The third kappa shape index (κ3) is 4.73. The number of carbonyl (C=O) groups excluding carboxylic acids is 1. The van der Waals surface area contributed by atoms with Gasteiger partial charge in [0.05, 0.1) is 33.8 Å². The van der Waals surface area contributed by atoms with Crippen molar-refractivity contribution in [2.75, 3.05) is 21.3 Å². The third-order valence-corrected chi connectivity index (χ3v) is 4.42. The van der Waals surface area contributed by atoms with Gasteiger partial charge in [0.25, 0.3) is 5.91 Å². The summed E-state index contributed by atoms with van der Waals surface area (Å²) in [5.74, 6) is 0.310. The molecule has 7 heteroatoms. The van der Waals surface area contributed by atoms with Crippen molar-refractivity contribution < 1.29 is 28.9 Å². The Balaban J connectivity index is 2.34. The molecule has 2 aromatic rings. The number of carboxylic acids is 1. The summed E-state index contributed by atoms with van der Waals surface area (Å²) in [6.45, 7) is 3.71. The highest BCUT2D eigenvalue weighted by atomic mass is 16.5. The zero-order valence-electron chi connectivity index (χ0n) is 16.7. The summed E-state index contributed by atoms with van der Waals surface area (Å²) in [7, 11) is 4.59. The fourth-order valence-corrected chi connectivity index (χ4v) is 3.14. The standard InChI is InChI=1S/C21H25NO6/c1-12-8-15(9-13(2)20(12)28-5)21(25)22-16(11-19(23)24)14-6-7-17(26-3)18(10-14)27-4/h6-10,16H,11H2,1-5H3,(H,22,25)(H,23,24). The Morgan fingerprint density at radius 1 is 0.964 bits per heavy atom. The summed E-state index contributed by atoms with van der Waals surface area (Å²) in [5, 5.41) is 12.1. The van der Waals surface area contributed by atoms with Crippen LogP contribution < -0.4 is 19.5 Å². The van der Waals surface area contributed by atoms with Crippen LogP contribution in [-0.2, 0) is 4.79 Å². The number of ether oxygens (including phenoxy) is 3. The number of hydrogen-bond acceptors (Lipinski definition) is 5. The normalized spacial score (nSPS) is 11.5. The quantitative estimate of drug-likeness (QED) is 0.722. The first kappa shape index (κ1) is 21.1. The molecular formula is C21H25NO6. The molecule has 0 fully saturated rings. The molecular weight excluding hydrogens is 362 g/mol. The van der Waals surface area contributed by atoms with E-state index in [1.807, 2.05) is 13.8 Å². The molecule has 1 atom stereocenters. The number of methoxy groups -OCH3 is 3. The predicted octanol–water partition coefficient (Wildman–Crippen LogP) is 3.28. The summed E-state index contributed by atoms with van der Waals surface area (Å²) in [5.41, 5.74) is 2.70. The number of carboxylic acid groups (broad SMARTS) is 1. The Labute approximate surface area is 164 Å². The van der Waals surface area contributed by atoms with Crippen molar-refractivity contribution in [1.29, 1.82) is 0 Å². The minimum atomic E-state index is -1.03. The van der Waals surface area contributed by atoms with E-state index in [-0.39, 0.29) is 12.3 Å². The Morgan fingerprint density at radius 3 is 2.07 bits per heavy atom. The van der Waals surface area contributed by atoms with Crippen LogP contribution in [-0.4, -0.2) is 38.3 Å². The van der Waals surface area contributed by atoms with E-state index in [1.54, 1.807) is 37.4 Å². The molecule has 0 radical (unpaired) electrons. The Kier molecular flexibility index (Phi) is 6.87. The van der Waals surface area contributed by atoms with E-state index in [0.717, 1.165) is 16.9 Å². The number of hydrogen-bond donors (Lipinski definition) is 2. The molecule has 7 nitrogen and oxygen atoms in total. The van der Waals surface area contributed by atoms with Gasteiger partial charge in [-0.15, -0.1) is 0 Å². The van der Waals surface area contributed by atoms with Crippen molar-refractivity contribution in [1.82, 2.24) is 5.32 Å². The molecule has 0 aliphatic carbocycles. The van der Waals surface area contributed by atoms with Crippen LogP contribution in [0.3, 0.4) is 0 Å². The van der Waals surface area contributed by atoms with E-state index in [9.17, 15) is 14.7 Å². The number of aliphatic carboxylic acids is 1. The molecule has 0 saturated carbocycles. The summed E-state index contributed by atoms with van der Waals surface area (Å²) >= 11 is 0. The Hall–Kier alpha value is -3.22. The first-order valence-electron chi connectivity index (χ1n) is 8.70. The Morgan fingerprint density at radius 2 is 1.57 bits per heavy atom. The van der Waals surface area contributed by atoms with E-state index in [1.165, 1.54) is 14.2 Å². The molecule has 0 saturated heterocycles. The van der Waals surface area contributed by atoms with E-state index in [0.29, 0.717) is 22.6 Å². The highest BCUT2D eigenvalue weighted by Crippen LogP contribution is 2.31. The zero-order chi connectivity index (χ0) is 20.8. The second-order valence-corrected chi connectivity index (χ2v) is 6.38. The molecule has 0 aliphatic rings. The second-order valence-electron chi connectivity index (χ2n) is 6.38. The van der Waals surface area contributed by atoms with Gasteiger partial charge in [0.2, 0.25) is 0 Å². The second kappa shape index (κ2) is 9.12. The van der Waals surface area contributed by atoms with Gasteiger partial charge in [-0.05, 0) is 54.8 Å². The lowest BCUT2D eigenvalue weighted by atomic mass is 10.0. The maximum atomic E-state index is 12.8. The largest absolute Gasteiger partial charge is 0.496 e. The minimum Gasteiger partial charge on any atom is -0.496 e. The van der Waals surface area contributed by atoms with E-state index in [2.05, 4.69) is 5.32 Å². The molecule has 2 aromatic carbocycles. The maximum absolute atomic E-state index is 12.8. The van der Waals surface area contributed by atoms with Crippen LogP contribution in [0.2, 0.25) is 0 Å². The maximum Gasteiger partial charge on any atom is 0.305 e. The molecule has 0 bridgehead atoms. The van der Waals surface area contributed by atoms with Crippen molar-refractivity contribution in [3.63, 3.8) is 0 Å². The highest BCUT2D eigenvalue weighted by molar-refractivity contribution is 5.95. The van der Waals surface area contributed by atoms with E-state index < -0.39 is 12.0 Å². The molecule has 28 heavy (non-hydrogen) atoms. The monoisotopic (exact) mass is 387 g/mol. The molecule has 0 aromatic heterocycles. The molecule has 0 spiro atoms. The van der Waals surface area contributed by atoms with Crippen molar-refractivity contribution >= 4 is 11.9 Å². The Bertz CT molecular complexity index is 854. The third-order valence-electron chi connectivity index (χ3n) is 4.42. The molecule has 2 rings (SSSR count). The number of carbonyl (C=O) groups is 2. The number of benzene rings is 2. The lowest BCUT2D eigenvalue weighted by Crippen LogP contribution is -2.30. The van der Waals surface area contributed by atoms with Gasteiger partial charge in [0.1, 0.15) is 5.75 Å². The van der Waals surface area contributed by atoms with Gasteiger partial charge in [0.15, 0.2) is 11.5 Å². The van der Waals surface area contributed by atoms with Crippen LogP contribution in [0, 0.1) is 13.8 Å². The topological polar surface area (TPSA) is 94.1 Å². The van der Waals surface area contributed by atoms with Crippen molar-refractivity contribution in [3.8, 4) is 17.2 Å². The predicted molar refractivity (Wildman–Crippen MR) is 104 cm³/mol.